The Morgan fingerprint density at radius 1 is 1.32 bits per heavy atom. The summed E-state index contributed by atoms with van der Waals surface area (Å²) in [6.45, 7) is 5.80. The van der Waals surface area contributed by atoms with Crippen molar-refractivity contribution >= 4 is 34.7 Å². The maximum atomic E-state index is 12.4. The van der Waals surface area contributed by atoms with E-state index in [2.05, 4.69) is 0 Å². The van der Waals surface area contributed by atoms with Crippen LogP contribution in [0.15, 0.2) is 21.3 Å². The third-order valence-corrected chi connectivity index (χ3v) is 3.26. The van der Waals surface area contributed by atoms with Crippen molar-refractivity contribution in [2.24, 2.45) is 0 Å². The topological polar surface area (TPSA) is 73.3 Å². The lowest BCUT2D eigenvalue weighted by atomic mass is 9.84. The predicted molar refractivity (Wildman–Crippen MR) is 76.0 cm³/mol. The van der Waals surface area contributed by atoms with Gasteiger partial charge in [0, 0.05) is 5.02 Å². The second-order valence-electron chi connectivity index (χ2n) is 5.37. The van der Waals surface area contributed by atoms with Gasteiger partial charge in [-0.05, 0) is 23.1 Å². The molecule has 1 aromatic carbocycles. The molecule has 0 aliphatic heterocycles. The van der Waals surface area contributed by atoms with Gasteiger partial charge in [-0.3, -0.25) is 9.59 Å². The summed E-state index contributed by atoms with van der Waals surface area (Å²) in [4.78, 5) is 23.3. The molecule has 0 aliphatic carbocycles. The van der Waals surface area contributed by atoms with E-state index in [4.69, 9.17) is 21.8 Å². The predicted octanol–water partition coefficient (Wildman–Crippen LogP) is 3.14. The molecule has 4 nitrogen and oxygen atoms in total. The third kappa shape index (κ3) is 2.12. The van der Waals surface area contributed by atoms with Gasteiger partial charge in [0.1, 0.15) is 11.1 Å². The van der Waals surface area contributed by atoms with Gasteiger partial charge in [-0.15, -0.1) is 0 Å². The molecule has 2 rings (SSSR count). The molecule has 5 heteroatoms. The van der Waals surface area contributed by atoms with E-state index in [1.807, 2.05) is 20.8 Å². The summed E-state index contributed by atoms with van der Waals surface area (Å²) in [6, 6.07) is 3.24. The van der Waals surface area contributed by atoms with E-state index >= 15 is 0 Å². The van der Waals surface area contributed by atoms with Crippen molar-refractivity contribution in [3.8, 4) is 0 Å². The second-order valence-corrected chi connectivity index (χ2v) is 5.78. The van der Waals surface area contributed by atoms with Crippen LogP contribution in [-0.2, 0) is 5.41 Å². The van der Waals surface area contributed by atoms with Gasteiger partial charge in [-0.2, -0.15) is 0 Å². The number of aldehydes is 1. The number of fused-ring (bicyclic) bond motifs is 1. The third-order valence-electron chi connectivity index (χ3n) is 2.94. The number of anilines is 1. The Kier molecular flexibility index (Phi) is 3.14. The number of nitrogen functional groups attached to an aromatic ring is 1. The first-order chi connectivity index (χ1) is 8.77. The standard InChI is InChI=1S/C14H14ClNO3/c1-14(2,3)11-8(15)4-5-9-10(11)12(18)7(6-17)13(16)19-9/h4-6H,16H2,1-3H3. The summed E-state index contributed by atoms with van der Waals surface area (Å²) in [5.41, 5.74) is 5.59. The average Bonchev–Trinajstić information content (AvgIpc) is 2.29. The molecular weight excluding hydrogens is 266 g/mol. The largest absolute Gasteiger partial charge is 0.440 e. The molecule has 0 spiro atoms. The van der Waals surface area contributed by atoms with E-state index in [-0.39, 0.29) is 16.9 Å². The molecule has 19 heavy (non-hydrogen) atoms. The summed E-state index contributed by atoms with van der Waals surface area (Å²) in [6.07, 6.45) is 0.411. The number of rotatable bonds is 1. The van der Waals surface area contributed by atoms with Crippen LogP contribution >= 0.6 is 11.6 Å². The SMILES string of the molecule is CC(C)(C)c1c(Cl)ccc2oc(N)c(C=O)c(=O)c12. The van der Waals surface area contributed by atoms with Crippen LogP contribution in [0.3, 0.4) is 0 Å². The Hall–Kier alpha value is -1.81. The normalized spacial score (nSPS) is 11.8. The van der Waals surface area contributed by atoms with Crippen LogP contribution in [0.4, 0.5) is 5.88 Å². The minimum atomic E-state index is -0.443. The molecule has 0 saturated carbocycles. The maximum absolute atomic E-state index is 12.4. The number of hydrogen-bond donors (Lipinski definition) is 1. The highest BCUT2D eigenvalue weighted by atomic mass is 35.5. The van der Waals surface area contributed by atoms with Gasteiger partial charge in [0.2, 0.25) is 11.3 Å². The van der Waals surface area contributed by atoms with Crippen LogP contribution in [0.1, 0.15) is 36.7 Å². The number of hydrogen-bond acceptors (Lipinski definition) is 4. The van der Waals surface area contributed by atoms with Crippen LogP contribution in [0.5, 0.6) is 0 Å². The monoisotopic (exact) mass is 279 g/mol. The number of nitrogens with two attached hydrogens (primary N) is 1. The highest BCUT2D eigenvalue weighted by Crippen LogP contribution is 2.35. The zero-order chi connectivity index (χ0) is 14.4. The van der Waals surface area contributed by atoms with Gasteiger partial charge >= 0.3 is 0 Å². The van der Waals surface area contributed by atoms with E-state index in [1.54, 1.807) is 12.1 Å². The van der Waals surface area contributed by atoms with Crippen molar-refractivity contribution in [2.45, 2.75) is 26.2 Å². The minimum absolute atomic E-state index is 0.166. The van der Waals surface area contributed by atoms with Gasteiger partial charge in [0.05, 0.1) is 5.39 Å². The molecular formula is C14H14ClNO3. The summed E-state index contributed by atoms with van der Waals surface area (Å²) < 4.78 is 5.34. The van der Waals surface area contributed by atoms with E-state index in [1.165, 1.54) is 0 Å². The highest BCUT2D eigenvalue weighted by molar-refractivity contribution is 6.32. The maximum Gasteiger partial charge on any atom is 0.205 e. The van der Waals surface area contributed by atoms with Crippen LogP contribution in [0.25, 0.3) is 11.0 Å². The van der Waals surface area contributed by atoms with E-state index in [9.17, 15) is 9.59 Å². The van der Waals surface area contributed by atoms with Crippen molar-refractivity contribution in [3.63, 3.8) is 0 Å². The number of carbonyl (C=O) groups is 1. The summed E-state index contributed by atoms with van der Waals surface area (Å²) in [5.74, 6) is -0.172. The Morgan fingerprint density at radius 3 is 2.47 bits per heavy atom. The zero-order valence-electron chi connectivity index (χ0n) is 10.9. The minimum Gasteiger partial charge on any atom is -0.440 e. The van der Waals surface area contributed by atoms with Gasteiger partial charge in [0.25, 0.3) is 0 Å². The fraction of sp³-hybridized carbons (Fsp3) is 0.286. The fourth-order valence-corrected chi connectivity index (χ4v) is 2.57. The smallest absolute Gasteiger partial charge is 0.205 e. The lowest BCUT2D eigenvalue weighted by molar-refractivity contribution is 0.112. The first kappa shape index (κ1) is 13.6. The van der Waals surface area contributed by atoms with Gasteiger partial charge in [-0.1, -0.05) is 32.4 Å². The van der Waals surface area contributed by atoms with Crippen molar-refractivity contribution < 1.29 is 9.21 Å². The van der Waals surface area contributed by atoms with Crippen molar-refractivity contribution in [3.05, 3.63) is 38.5 Å². The summed E-state index contributed by atoms with van der Waals surface area (Å²) in [7, 11) is 0. The molecule has 0 fully saturated rings. The Morgan fingerprint density at radius 2 is 1.95 bits per heavy atom. The Bertz CT molecular complexity index is 726. The second kappa shape index (κ2) is 4.38. The molecule has 1 aromatic heterocycles. The Balaban J connectivity index is 3.09. The van der Waals surface area contributed by atoms with Crippen LogP contribution in [-0.4, -0.2) is 6.29 Å². The average molecular weight is 280 g/mol. The molecule has 0 atom stereocenters. The molecule has 2 N–H and O–H groups in total. The lowest BCUT2D eigenvalue weighted by Gasteiger charge is -2.22. The van der Waals surface area contributed by atoms with Crippen molar-refractivity contribution in [1.29, 1.82) is 0 Å². The molecule has 1 heterocycles. The van der Waals surface area contributed by atoms with Crippen LogP contribution in [0.2, 0.25) is 5.02 Å². The quantitative estimate of drug-likeness (QED) is 0.814. The van der Waals surface area contributed by atoms with Gasteiger partial charge < -0.3 is 10.2 Å². The molecule has 0 radical (unpaired) electrons. The first-order valence-electron chi connectivity index (χ1n) is 5.78. The zero-order valence-corrected chi connectivity index (χ0v) is 11.7. The van der Waals surface area contributed by atoms with Crippen molar-refractivity contribution in [1.82, 2.24) is 0 Å². The number of benzene rings is 1. The molecule has 2 aromatic rings. The molecule has 0 unspecified atom stereocenters. The highest BCUT2D eigenvalue weighted by Gasteiger charge is 2.24. The van der Waals surface area contributed by atoms with E-state index < -0.39 is 5.43 Å². The number of halogens is 1. The Labute approximate surface area is 115 Å². The lowest BCUT2D eigenvalue weighted by Crippen LogP contribution is -2.19. The van der Waals surface area contributed by atoms with Crippen LogP contribution < -0.4 is 11.2 Å². The van der Waals surface area contributed by atoms with E-state index in [0.29, 0.717) is 27.8 Å². The summed E-state index contributed by atoms with van der Waals surface area (Å²) in [5, 5.41) is 0.783. The fourth-order valence-electron chi connectivity index (χ4n) is 2.13. The molecule has 0 saturated heterocycles. The van der Waals surface area contributed by atoms with Gasteiger partial charge in [0.15, 0.2) is 6.29 Å². The first-order valence-corrected chi connectivity index (χ1v) is 6.15. The molecule has 0 aliphatic rings. The van der Waals surface area contributed by atoms with Crippen LogP contribution in [0, 0.1) is 0 Å². The molecule has 100 valence electrons. The van der Waals surface area contributed by atoms with Gasteiger partial charge in [-0.25, -0.2) is 0 Å². The summed E-state index contributed by atoms with van der Waals surface area (Å²) >= 11 is 6.20. The molecule has 0 bridgehead atoms. The molecule has 0 amide bonds. The number of carbonyl (C=O) groups excluding carboxylic acids is 1. The van der Waals surface area contributed by atoms with Crippen molar-refractivity contribution in [2.75, 3.05) is 5.73 Å². The van der Waals surface area contributed by atoms with E-state index in [0.717, 1.165) is 0 Å².